The number of hydrogen-bond donors (Lipinski definition) is 1. The molecule has 0 atom stereocenters. The van der Waals surface area contributed by atoms with E-state index in [0.29, 0.717) is 26.6 Å². The highest BCUT2D eigenvalue weighted by Gasteiger charge is 2.28. The molecule has 1 aromatic heterocycles. The summed E-state index contributed by atoms with van der Waals surface area (Å²) in [5.74, 6) is -0.966. The van der Waals surface area contributed by atoms with Gasteiger partial charge in [-0.15, -0.1) is 0 Å². The van der Waals surface area contributed by atoms with Crippen LogP contribution in [0.1, 0.15) is 24.6 Å². The predicted molar refractivity (Wildman–Crippen MR) is 77.8 cm³/mol. The van der Waals surface area contributed by atoms with Gasteiger partial charge in [-0.1, -0.05) is 23.2 Å². The van der Waals surface area contributed by atoms with Gasteiger partial charge in [0.05, 0.1) is 22.3 Å². The summed E-state index contributed by atoms with van der Waals surface area (Å²) in [6.45, 7) is 0. The van der Waals surface area contributed by atoms with Crippen molar-refractivity contribution in [1.82, 2.24) is 4.57 Å². The minimum absolute atomic E-state index is 0.189. The number of carboxylic acid groups (broad SMARTS) is 1. The molecule has 1 heterocycles. The number of benzene rings is 1. The van der Waals surface area contributed by atoms with Crippen molar-refractivity contribution in [2.75, 3.05) is 0 Å². The van der Waals surface area contributed by atoms with Crippen LogP contribution in [0.4, 0.5) is 0 Å². The summed E-state index contributed by atoms with van der Waals surface area (Å²) in [6.07, 6.45) is 1.75. The Labute approximate surface area is 124 Å². The Bertz CT molecular complexity index is 778. The number of carbonyl (C=O) groups is 1. The fourth-order valence-electron chi connectivity index (χ4n) is 2.50. The zero-order valence-corrected chi connectivity index (χ0v) is 11.9. The predicted octanol–water partition coefficient (Wildman–Crippen LogP) is 3.27. The zero-order valence-electron chi connectivity index (χ0n) is 10.4. The molecular weight excluding hydrogens is 301 g/mol. The van der Waals surface area contributed by atoms with E-state index in [1.165, 1.54) is 12.1 Å². The van der Waals surface area contributed by atoms with Crippen LogP contribution in [0.5, 0.6) is 0 Å². The van der Waals surface area contributed by atoms with Crippen LogP contribution in [0.15, 0.2) is 23.0 Å². The summed E-state index contributed by atoms with van der Waals surface area (Å²) in [5, 5.41) is 10.1. The van der Waals surface area contributed by atoms with E-state index < -0.39 is 5.97 Å². The molecule has 1 aliphatic rings. The normalized spacial score (nSPS) is 14.7. The number of aliphatic carboxylic acids is 1. The van der Waals surface area contributed by atoms with Crippen LogP contribution in [-0.4, -0.2) is 15.6 Å². The maximum absolute atomic E-state index is 12.2. The molecule has 1 saturated carbocycles. The van der Waals surface area contributed by atoms with E-state index in [0.717, 1.165) is 12.8 Å². The van der Waals surface area contributed by atoms with Crippen molar-refractivity contribution < 1.29 is 9.90 Å². The molecule has 1 aliphatic carbocycles. The van der Waals surface area contributed by atoms with Gasteiger partial charge in [-0.3, -0.25) is 9.59 Å². The molecule has 0 saturated heterocycles. The standard InChI is InChI=1S/C14H11Cl2NO3/c15-7-3-10(16)14-11(4-7)17(8-1-2-8)9(5-12(14)18)6-13(19)20/h3-5,8H,1-2,6H2,(H,19,20). The van der Waals surface area contributed by atoms with Gasteiger partial charge >= 0.3 is 5.97 Å². The third-order valence-corrected chi connectivity index (χ3v) is 3.91. The largest absolute Gasteiger partial charge is 0.481 e. The van der Waals surface area contributed by atoms with Crippen LogP contribution in [0.3, 0.4) is 0 Å². The Morgan fingerprint density at radius 3 is 2.60 bits per heavy atom. The summed E-state index contributed by atoms with van der Waals surface area (Å²) < 4.78 is 1.89. The third kappa shape index (κ3) is 2.30. The lowest BCUT2D eigenvalue weighted by Crippen LogP contribution is -2.16. The van der Waals surface area contributed by atoms with Crippen LogP contribution in [0.25, 0.3) is 10.9 Å². The van der Waals surface area contributed by atoms with E-state index >= 15 is 0 Å². The number of aromatic nitrogens is 1. The van der Waals surface area contributed by atoms with Crippen LogP contribution < -0.4 is 5.43 Å². The molecule has 0 spiro atoms. The number of pyridine rings is 1. The highest BCUT2D eigenvalue weighted by Crippen LogP contribution is 2.39. The van der Waals surface area contributed by atoms with Gasteiger partial charge in [-0.2, -0.15) is 0 Å². The molecule has 3 rings (SSSR count). The number of rotatable bonds is 3. The molecule has 0 bridgehead atoms. The first-order chi connectivity index (χ1) is 9.47. The summed E-state index contributed by atoms with van der Waals surface area (Å²) >= 11 is 12.1. The lowest BCUT2D eigenvalue weighted by molar-refractivity contribution is -0.136. The van der Waals surface area contributed by atoms with E-state index in [1.54, 1.807) is 6.07 Å². The number of carboxylic acids is 1. The van der Waals surface area contributed by atoms with E-state index in [-0.39, 0.29) is 17.9 Å². The molecule has 0 aliphatic heterocycles. The molecule has 1 N–H and O–H groups in total. The molecule has 6 heteroatoms. The Hall–Kier alpha value is -1.52. The Morgan fingerprint density at radius 2 is 2.00 bits per heavy atom. The van der Waals surface area contributed by atoms with Gasteiger partial charge in [-0.25, -0.2) is 0 Å². The molecule has 1 fully saturated rings. The lowest BCUT2D eigenvalue weighted by atomic mass is 10.1. The number of hydrogen-bond acceptors (Lipinski definition) is 2. The van der Waals surface area contributed by atoms with E-state index in [1.807, 2.05) is 4.57 Å². The van der Waals surface area contributed by atoms with Crippen molar-refractivity contribution in [2.45, 2.75) is 25.3 Å². The molecule has 0 radical (unpaired) electrons. The van der Waals surface area contributed by atoms with Gasteiger partial charge < -0.3 is 9.67 Å². The van der Waals surface area contributed by atoms with E-state index in [2.05, 4.69) is 0 Å². The summed E-state index contributed by atoms with van der Waals surface area (Å²) in [7, 11) is 0. The van der Waals surface area contributed by atoms with Gasteiger partial charge in [0.25, 0.3) is 0 Å². The fraction of sp³-hybridized carbons (Fsp3) is 0.286. The first kappa shape index (κ1) is 13.5. The minimum atomic E-state index is -0.966. The molecule has 0 unspecified atom stereocenters. The van der Waals surface area contributed by atoms with Crippen LogP contribution in [0, 0.1) is 0 Å². The van der Waals surface area contributed by atoms with E-state index in [4.69, 9.17) is 28.3 Å². The second kappa shape index (κ2) is 4.79. The van der Waals surface area contributed by atoms with Crippen molar-refractivity contribution in [1.29, 1.82) is 0 Å². The fourth-order valence-corrected chi connectivity index (χ4v) is 3.07. The summed E-state index contributed by atoms with van der Waals surface area (Å²) in [4.78, 5) is 23.2. The lowest BCUT2D eigenvalue weighted by Gasteiger charge is -2.16. The van der Waals surface area contributed by atoms with Crippen LogP contribution in [0.2, 0.25) is 10.0 Å². The highest BCUT2D eigenvalue weighted by atomic mass is 35.5. The number of halogens is 2. The monoisotopic (exact) mass is 311 g/mol. The highest BCUT2D eigenvalue weighted by molar-refractivity contribution is 6.38. The Balaban J connectivity index is 2.39. The minimum Gasteiger partial charge on any atom is -0.481 e. The van der Waals surface area contributed by atoms with E-state index in [9.17, 15) is 9.59 Å². The van der Waals surface area contributed by atoms with Gasteiger partial charge in [0.2, 0.25) is 0 Å². The smallest absolute Gasteiger partial charge is 0.309 e. The summed E-state index contributed by atoms with van der Waals surface area (Å²) in [5.41, 5.74) is 0.847. The Morgan fingerprint density at radius 1 is 1.30 bits per heavy atom. The quantitative estimate of drug-likeness (QED) is 0.946. The maximum Gasteiger partial charge on any atom is 0.309 e. The first-order valence-electron chi connectivity index (χ1n) is 6.22. The average Bonchev–Trinajstić information content (AvgIpc) is 3.10. The second-order valence-corrected chi connectivity index (χ2v) is 5.80. The number of fused-ring (bicyclic) bond motifs is 1. The molecular formula is C14H11Cl2NO3. The van der Waals surface area contributed by atoms with Gasteiger partial charge in [0, 0.05) is 22.8 Å². The Kier molecular flexibility index (Phi) is 3.22. The van der Waals surface area contributed by atoms with Crippen molar-refractivity contribution in [3.05, 3.63) is 44.2 Å². The van der Waals surface area contributed by atoms with Crippen LogP contribution in [-0.2, 0) is 11.2 Å². The molecule has 2 aromatic rings. The molecule has 20 heavy (non-hydrogen) atoms. The average molecular weight is 312 g/mol. The first-order valence-corrected chi connectivity index (χ1v) is 6.98. The molecule has 0 amide bonds. The van der Waals surface area contributed by atoms with Crippen molar-refractivity contribution in [2.24, 2.45) is 0 Å². The van der Waals surface area contributed by atoms with Crippen LogP contribution >= 0.6 is 23.2 Å². The van der Waals surface area contributed by atoms with Crippen molar-refractivity contribution >= 4 is 40.1 Å². The van der Waals surface area contributed by atoms with Gasteiger partial charge in [-0.05, 0) is 25.0 Å². The molecule has 4 nitrogen and oxygen atoms in total. The van der Waals surface area contributed by atoms with Crippen molar-refractivity contribution in [3.8, 4) is 0 Å². The second-order valence-electron chi connectivity index (χ2n) is 4.95. The third-order valence-electron chi connectivity index (χ3n) is 3.39. The maximum atomic E-state index is 12.2. The summed E-state index contributed by atoms with van der Waals surface area (Å²) in [6, 6.07) is 4.80. The molecule has 1 aromatic carbocycles. The van der Waals surface area contributed by atoms with Gasteiger partial charge in [0.15, 0.2) is 5.43 Å². The number of nitrogens with zero attached hydrogens (tertiary/aromatic N) is 1. The van der Waals surface area contributed by atoms with Gasteiger partial charge in [0.1, 0.15) is 0 Å². The molecule has 104 valence electrons. The topological polar surface area (TPSA) is 59.3 Å². The zero-order chi connectivity index (χ0) is 14.4. The van der Waals surface area contributed by atoms with Crippen molar-refractivity contribution in [3.63, 3.8) is 0 Å². The SMILES string of the molecule is O=C(O)Cc1cc(=O)c2c(Cl)cc(Cl)cc2n1C1CC1.